The second-order valence-electron chi connectivity index (χ2n) is 7.27. The fourth-order valence-electron chi connectivity index (χ4n) is 3.75. The lowest BCUT2D eigenvalue weighted by atomic mass is 10.1. The first-order valence-corrected chi connectivity index (χ1v) is 9.69. The average Bonchev–Trinajstić information content (AvgIpc) is 3.16. The molecule has 30 heavy (non-hydrogen) atoms. The highest BCUT2D eigenvalue weighted by Crippen LogP contribution is 2.36. The summed E-state index contributed by atoms with van der Waals surface area (Å²) in [5, 5.41) is 3.95. The van der Waals surface area contributed by atoms with Gasteiger partial charge in [-0.25, -0.2) is 0 Å². The number of amides is 2. The van der Waals surface area contributed by atoms with Gasteiger partial charge in [0, 0.05) is 30.6 Å². The number of rotatable bonds is 5. The Morgan fingerprint density at radius 1 is 1.17 bits per heavy atom. The summed E-state index contributed by atoms with van der Waals surface area (Å²) < 4.78 is 10.6. The maximum Gasteiger partial charge on any atom is 0.229 e. The number of anilines is 2. The van der Waals surface area contributed by atoms with Crippen molar-refractivity contribution in [2.45, 2.75) is 13.3 Å². The molecule has 2 amide bonds. The maximum absolute atomic E-state index is 13.0. The van der Waals surface area contributed by atoms with E-state index in [1.807, 2.05) is 31.2 Å². The molecule has 0 bridgehead atoms. The van der Waals surface area contributed by atoms with Gasteiger partial charge in [0.15, 0.2) is 0 Å². The van der Waals surface area contributed by atoms with Crippen molar-refractivity contribution in [3.8, 4) is 11.5 Å². The third kappa shape index (κ3) is 3.54. The average molecular weight is 405 g/mol. The fourth-order valence-corrected chi connectivity index (χ4v) is 3.75. The van der Waals surface area contributed by atoms with Crippen LogP contribution in [-0.2, 0) is 9.59 Å². The van der Waals surface area contributed by atoms with Crippen LogP contribution in [0.2, 0.25) is 0 Å². The van der Waals surface area contributed by atoms with E-state index in [2.05, 4.69) is 10.3 Å². The highest BCUT2D eigenvalue weighted by molar-refractivity contribution is 6.07. The minimum Gasteiger partial charge on any atom is -0.497 e. The molecule has 7 nitrogen and oxygen atoms in total. The largest absolute Gasteiger partial charge is 0.497 e. The van der Waals surface area contributed by atoms with E-state index in [0.29, 0.717) is 22.9 Å². The highest BCUT2D eigenvalue weighted by atomic mass is 16.5. The first kappa shape index (κ1) is 19.7. The van der Waals surface area contributed by atoms with E-state index in [-0.39, 0.29) is 24.8 Å². The van der Waals surface area contributed by atoms with Crippen LogP contribution >= 0.6 is 0 Å². The van der Waals surface area contributed by atoms with Crippen molar-refractivity contribution in [1.29, 1.82) is 0 Å². The normalized spacial score (nSPS) is 16.0. The van der Waals surface area contributed by atoms with Crippen molar-refractivity contribution in [2.24, 2.45) is 5.92 Å². The number of pyridine rings is 1. The molecule has 7 heteroatoms. The van der Waals surface area contributed by atoms with Crippen LogP contribution < -0.4 is 19.7 Å². The summed E-state index contributed by atoms with van der Waals surface area (Å²) in [6.45, 7) is 2.21. The van der Waals surface area contributed by atoms with Crippen molar-refractivity contribution < 1.29 is 19.1 Å². The van der Waals surface area contributed by atoms with Gasteiger partial charge in [-0.15, -0.1) is 0 Å². The van der Waals surface area contributed by atoms with Crippen LogP contribution in [0.25, 0.3) is 10.9 Å². The molecule has 1 aliphatic heterocycles. The lowest BCUT2D eigenvalue weighted by molar-refractivity contribution is -0.122. The van der Waals surface area contributed by atoms with Crippen LogP contribution in [0.1, 0.15) is 12.0 Å². The first-order valence-electron chi connectivity index (χ1n) is 9.69. The van der Waals surface area contributed by atoms with E-state index in [0.717, 1.165) is 16.5 Å². The smallest absolute Gasteiger partial charge is 0.229 e. The summed E-state index contributed by atoms with van der Waals surface area (Å²) in [4.78, 5) is 31.7. The molecule has 1 aliphatic rings. The molecule has 2 heterocycles. The van der Waals surface area contributed by atoms with Crippen molar-refractivity contribution in [2.75, 3.05) is 31.0 Å². The van der Waals surface area contributed by atoms with Crippen LogP contribution in [0, 0.1) is 12.8 Å². The van der Waals surface area contributed by atoms with Crippen LogP contribution in [0.5, 0.6) is 11.5 Å². The number of hydrogen-bond acceptors (Lipinski definition) is 5. The van der Waals surface area contributed by atoms with Gasteiger partial charge in [0.05, 0.1) is 37.0 Å². The Bertz CT molecular complexity index is 1130. The SMILES string of the molecule is COc1ccc(N2CC(C(=O)Nc3c(C)ccc4cccnc34)CC2=O)c(OC)c1. The lowest BCUT2D eigenvalue weighted by Crippen LogP contribution is -2.28. The quantitative estimate of drug-likeness (QED) is 0.702. The van der Waals surface area contributed by atoms with E-state index in [4.69, 9.17) is 9.47 Å². The third-order valence-corrected chi connectivity index (χ3v) is 5.40. The van der Waals surface area contributed by atoms with Gasteiger partial charge in [0.2, 0.25) is 11.8 Å². The van der Waals surface area contributed by atoms with Crippen LogP contribution in [-0.4, -0.2) is 37.6 Å². The molecule has 2 aromatic carbocycles. The number of ether oxygens (including phenoxy) is 2. The summed E-state index contributed by atoms with van der Waals surface area (Å²) in [5.74, 6) is 0.377. The lowest BCUT2D eigenvalue weighted by Gasteiger charge is -2.20. The molecule has 0 aliphatic carbocycles. The Morgan fingerprint density at radius 3 is 2.77 bits per heavy atom. The number of carbonyl (C=O) groups excluding carboxylic acids is 2. The van der Waals surface area contributed by atoms with Crippen molar-refractivity contribution >= 4 is 34.1 Å². The number of nitrogens with zero attached hydrogens (tertiary/aromatic N) is 2. The van der Waals surface area contributed by atoms with E-state index in [1.54, 1.807) is 43.5 Å². The van der Waals surface area contributed by atoms with Crippen LogP contribution in [0.3, 0.4) is 0 Å². The molecule has 0 saturated carbocycles. The van der Waals surface area contributed by atoms with Gasteiger partial charge in [-0.1, -0.05) is 18.2 Å². The Kier molecular flexibility index (Phi) is 5.27. The Balaban J connectivity index is 1.57. The van der Waals surface area contributed by atoms with Gasteiger partial charge in [-0.05, 0) is 30.7 Å². The minimum atomic E-state index is -0.470. The Morgan fingerprint density at radius 2 is 2.00 bits per heavy atom. The molecule has 3 aromatic rings. The number of benzene rings is 2. The monoisotopic (exact) mass is 405 g/mol. The van der Waals surface area contributed by atoms with E-state index in [1.165, 1.54) is 0 Å². The molecular weight excluding hydrogens is 382 g/mol. The molecule has 1 saturated heterocycles. The summed E-state index contributed by atoms with van der Waals surface area (Å²) >= 11 is 0. The molecule has 1 N–H and O–H groups in total. The van der Waals surface area contributed by atoms with Gasteiger partial charge in [0.1, 0.15) is 11.5 Å². The van der Waals surface area contributed by atoms with Gasteiger partial charge >= 0.3 is 0 Å². The number of aryl methyl sites for hydroxylation is 1. The van der Waals surface area contributed by atoms with Crippen molar-refractivity contribution in [3.05, 3.63) is 54.2 Å². The highest BCUT2D eigenvalue weighted by Gasteiger charge is 2.36. The zero-order chi connectivity index (χ0) is 21.3. The third-order valence-electron chi connectivity index (χ3n) is 5.40. The molecule has 0 spiro atoms. The molecule has 4 rings (SSSR count). The molecule has 1 atom stereocenters. The van der Waals surface area contributed by atoms with Gasteiger partial charge in [-0.2, -0.15) is 0 Å². The zero-order valence-corrected chi connectivity index (χ0v) is 17.1. The van der Waals surface area contributed by atoms with Crippen LogP contribution in [0.4, 0.5) is 11.4 Å². The van der Waals surface area contributed by atoms with Gasteiger partial charge < -0.3 is 19.7 Å². The number of carbonyl (C=O) groups is 2. The van der Waals surface area contributed by atoms with E-state index in [9.17, 15) is 9.59 Å². The number of aromatic nitrogens is 1. The van der Waals surface area contributed by atoms with Crippen molar-refractivity contribution in [3.63, 3.8) is 0 Å². The molecule has 154 valence electrons. The molecular formula is C23H23N3O4. The van der Waals surface area contributed by atoms with E-state index < -0.39 is 5.92 Å². The Hall–Kier alpha value is -3.61. The van der Waals surface area contributed by atoms with E-state index >= 15 is 0 Å². The minimum absolute atomic E-state index is 0.119. The van der Waals surface area contributed by atoms with Crippen molar-refractivity contribution in [1.82, 2.24) is 4.98 Å². The molecule has 1 aromatic heterocycles. The molecule has 1 fully saturated rings. The number of methoxy groups -OCH3 is 2. The Labute approximate surface area is 174 Å². The predicted molar refractivity (Wildman–Crippen MR) is 115 cm³/mol. The zero-order valence-electron chi connectivity index (χ0n) is 17.1. The summed E-state index contributed by atoms with van der Waals surface area (Å²) in [7, 11) is 3.11. The second kappa shape index (κ2) is 8.02. The first-order chi connectivity index (χ1) is 14.5. The maximum atomic E-state index is 13.0. The summed E-state index contributed by atoms with van der Waals surface area (Å²) in [6.07, 6.45) is 1.84. The van der Waals surface area contributed by atoms with Gasteiger partial charge in [0.25, 0.3) is 0 Å². The summed E-state index contributed by atoms with van der Waals surface area (Å²) in [5.41, 5.74) is 2.98. The van der Waals surface area contributed by atoms with Crippen LogP contribution in [0.15, 0.2) is 48.7 Å². The standard InChI is InChI=1S/C23H23N3O4/c1-14-6-7-15-5-4-10-24-22(15)21(14)25-23(28)16-11-20(27)26(13-16)18-9-8-17(29-2)12-19(18)30-3/h4-10,12,16H,11,13H2,1-3H3,(H,25,28). The topological polar surface area (TPSA) is 80.8 Å². The number of fused-ring (bicyclic) bond motifs is 1. The molecule has 1 unspecified atom stereocenters. The van der Waals surface area contributed by atoms with Gasteiger partial charge in [-0.3, -0.25) is 14.6 Å². The number of hydrogen-bond donors (Lipinski definition) is 1. The fraction of sp³-hybridized carbons (Fsp3) is 0.261. The molecule has 0 radical (unpaired) electrons. The summed E-state index contributed by atoms with van der Waals surface area (Å²) in [6, 6.07) is 13.0. The number of nitrogens with one attached hydrogen (secondary N) is 1. The predicted octanol–water partition coefficient (Wildman–Crippen LogP) is 3.55. The second-order valence-corrected chi connectivity index (χ2v) is 7.27.